The molecule has 2 aliphatic heterocycles. The third kappa shape index (κ3) is 4.05. The van der Waals surface area contributed by atoms with E-state index in [0.29, 0.717) is 39.2 Å². The Balaban J connectivity index is 1.38. The van der Waals surface area contributed by atoms with Gasteiger partial charge in [0.05, 0.1) is 10.9 Å². The predicted octanol–water partition coefficient (Wildman–Crippen LogP) is 8.68. The lowest BCUT2D eigenvalue weighted by atomic mass is 9.78. The highest BCUT2D eigenvalue weighted by Gasteiger charge is 2.56. The van der Waals surface area contributed by atoms with Crippen LogP contribution in [-0.2, 0) is 10.3 Å². The molecule has 6 aromatic rings. The minimum absolute atomic E-state index is 0.150. The first-order chi connectivity index (χ1) is 22.5. The molecule has 1 atom stereocenters. The van der Waals surface area contributed by atoms with Crippen LogP contribution >= 0.6 is 0 Å². The third-order valence-electron chi connectivity index (χ3n) is 8.94. The zero-order valence-electron chi connectivity index (χ0n) is 25.4. The lowest BCUT2D eigenvalue weighted by molar-refractivity contribution is 0.0215. The Kier molecular flexibility index (Phi) is 6.42. The van der Waals surface area contributed by atoms with Gasteiger partial charge in [0, 0.05) is 59.1 Å². The second kappa shape index (κ2) is 10.7. The first kappa shape index (κ1) is 27.7. The van der Waals surface area contributed by atoms with Crippen molar-refractivity contribution in [2.45, 2.75) is 19.4 Å². The number of benzene rings is 5. The van der Waals surface area contributed by atoms with Crippen LogP contribution in [0.2, 0.25) is 0 Å². The van der Waals surface area contributed by atoms with Crippen molar-refractivity contribution in [3.8, 4) is 11.5 Å². The van der Waals surface area contributed by atoms with Crippen molar-refractivity contribution in [3.63, 3.8) is 0 Å². The summed E-state index contributed by atoms with van der Waals surface area (Å²) in [5.41, 5.74) is 3.61. The van der Waals surface area contributed by atoms with Crippen molar-refractivity contribution < 1.29 is 18.7 Å². The number of esters is 1. The number of carbonyl (C=O) groups is 1. The average molecular weight is 607 g/mol. The number of nitrogens with zero attached hydrogens (tertiary/aromatic N) is 2. The number of rotatable bonds is 6. The quantitative estimate of drug-likeness (QED) is 0.139. The van der Waals surface area contributed by atoms with Gasteiger partial charge in [-0.1, -0.05) is 54.6 Å². The van der Waals surface area contributed by atoms with Gasteiger partial charge in [-0.2, -0.15) is 0 Å². The van der Waals surface area contributed by atoms with Gasteiger partial charge in [-0.25, -0.2) is 9.59 Å². The van der Waals surface area contributed by atoms with Gasteiger partial charge < -0.3 is 23.7 Å². The molecule has 226 valence electrons. The Morgan fingerprint density at radius 3 is 2.00 bits per heavy atom. The molecule has 0 radical (unpaired) electrons. The van der Waals surface area contributed by atoms with Crippen LogP contribution in [0.3, 0.4) is 0 Å². The van der Waals surface area contributed by atoms with Crippen molar-refractivity contribution in [2.24, 2.45) is 0 Å². The van der Waals surface area contributed by atoms with Gasteiger partial charge in [-0.15, -0.1) is 0 Å². The Hall–Kier alpha value is -5.82. The largest absolute Gasteiger partial charge is 0.455 e. The summed E-state index contributed by atoms with van der Waals surface area (Å²) in [5, 5.41) is 0.595. The molecule has 0 saturated heterocycles. The fourth-order valence-electron chi connectivity index (χ4n) is 6.83. The molecule has 2 aliphatic rings. The number of para-hydroxylation sites is 2. The summed E-state index contributed by atoms with van der Waals surface area (Å²) in [7, 11) is 0. The zero-order valence-corrected chi connectivity index (χ0v) is 25.4. The molecule has 0 amide bonds. The fourth-order valence-corrected chi connectivity index (χ4v) is 6.83. The van der Waals surface area contributed by atoms with E-state index in [0.717, 1.165) is 35.8 Å². The molecular weight excluding hydrogens is 576 g/mol. The van der Waals surface area contributed by atoms with E-state index in [1.807, 2.05) is 109 Å². The monoisotopic (exact) mass is 606 g/mol. The SMILES string of the molecule is CCN(CC)c1ccc2c(c1)Oc1c(c(=O)oc3cc(N(c4ccccc4)c4ccccc4)ccc13)C21OC(=O)c2ccccc21. The normalized spacial score (nSPS) is 15.9. The molecule has 0 fully saturated rings. The van der Waals surface area contributed by atoms with E-state index in [1.54, 1.807) is 12.1 Å². The molecule has 7 heteroatoms. The van der Waals surface area contributed by atoms with E-state index in [4.69, 9.17) is 13.9 Å². The lowest BCUT2D eigenvalue weighted by Gasteiger charge is -2.36. The van der Waals surface area contributed by atoms with E-state index in [1.165, 1.54) is 0 Å². The highest BCUT2D eigenvalue weighted by atomic mass is 16.6. The molecule has 7 nitrogen and oxygen atoms in total. The molecular formula is C39H30N2O5. The summed E-state index contributed by atoms with van der Waals surface area (Å²) < 4.78 is 19.0. The second-order valence-corrected chi connectivity index (χ2v) is 11.4. The van der Waals surface area contributed by atoms with E-state index >= 15 is 0 Å². The molecule has 1 unspecified atom stereocenters. The molecule has 5 aromatic carbocycles. The van der Waals surface area contributed by atoms with E-state index in [9.17, 15) is 9.59 Å². The summed E-state index contributed by atoms with van der Waals surface area (Å²) in [6.45, 7) is 5.81. The van der Waals surface area contributed by atoms with Gasteiger partial charge in [-0.3, -0.25) is 0 Å². The maximum atomic E-state index is 14.2. The molecule has 8 rings (SSSR count). The first-order valence-electron chi connectivity index (χ1n) is 15.4. The standard InChI is InChI=1S/C39H30N2O5/c1-3-40(4-2)27-20-22-32-34(23-27)44-36-30-21-19-28(41(25-13-7-5-8-14-25)26-15-9-6-10-16-26)24-33(30)45-38(43)35(36)39(32)31-18-12-11-17-29(31)37(42)46-39/h5-24H,3-4H2,1-2H3. The Morgan fingerprint density at radius 1 is 0.652 bits per heavy atom. The predicted molar refractivity (Wildman–Crippen MR) is 179 cm³/mol. The maximum Gasteiger partial charge on any atom is 0.348 e. The molecule has 46 heavy (non-hydrogen) atoms. The number of fused-ring (bicyclic) bond motifs is 8. The highest BCUT2D eigenvalue weighted by molar-refractivity contribution is 5.98. The maximum absolute atomic E-state index is 14.2. The first-order valence-corrected chi connectivity index (χ1v) is 15.4. The molecule has 0 aliphatic carbocycles. The molecule has 0 N–H and O–H groups in total. The Labute approximate surface area is 265 Å². The van der Waals surface area contributed by atoms with Gasteiger partial charge in [0.2, 0.25) is 5.60 Å². The van der Waals surface area contributed by atoms with Crippen molar-refractivity contribution in [2.75, 3.05) is 22.9 Å². The zero-order chi connectivity index (χ0) is 31.4. The number of hydrogen-bond acceptors (Lipinski definition) is 7. The summed E-state index contributed by atoms with van der Waals surface area (Å²) in [6, 6.07) is 38.8. The van der Waals surface area contributed by atoms with Crippen LogP contribution in [0.1, 0.15) is 40.9 Å². The smallest absolute Gasteiger partial charge is 0.348 e. The van der Waals surface area contributed by atoms with Crippen molar-refractivity contribution >= 4 is 39.7 Å². The number of hydrogen-bond donors (Lipinski definition) is 0. The van der Waals surface area contributed by atoms with Crippen molar-refractivity contribution in [1.29, 1.82) is 0 Å². The summed E-state index contributed by atoms with van der Waals surface area (Å²) in [4.78, 5) is 31.9. The number of ether oxygens (including phenoxy) is 2. The van der Waals surface area contributed by atoms with Crippen molar-refractivity contribution in [3.05, 3.63) is 154 Å². The van der Waals surface area contributed by atoms with E-state index in [-0.39, 0.29) is 5.56 Å². The molecule has 0 bridgehead atoms. The molecule has 1 spiro atoms. The topological polar surface area (TPSA) is 72.2 Å². The number of anilines is 4. The summed E-state index contributed by atoms with van der Waals surface area (Å²) in [5.74, 6) is 0.337. The third-order valence-corrected chi connectivity index (χ3v) is 8.94. The van der Waals surface area contributed by atoms with E-state index in [2.05, 4.69) is 23.6 Å². The molecule has 1 aromatic heterocycles. The Morgan fingerprint density at radius 2 is 1.30 bits per heavy atom. The van der Waals surface area contributed by atoms with Gasteiger partial charge >= 0.3 is 11.6 Å². The van der Waals surface area contributed by atoms with Crippen LogP contribution in [0.4, 0.5) is 22.7 Å². The average Bonchev–Trinajstić information content (AvgIpc) is 3.38. The van der Waals surface area contributed by atoms with E-state index < -0.39 is 17.2 Å². The van der Waals surface area contributed by atoms with Gasteiger partial charge in [-0.05, 0) is 68.4 Å². The van der Waals surface area contributed by atoms with Gasteiger partial charge in [0.15, 0.2) is 5.75 Å². The Bertz CT molecular complexity index is 2150. The van der Waals surface area contributed by atoms with Crippen LogP contribution in [0.15, 0.2) is 131 Å². The van der Waals surface area contributed by atoms with Crippen LogP contribution in [0.25, 0.3) is 11.0 Å². The highest BCUT2D eigenvalue weighted by Crippen LogP contribution is 2.57. The van der Waals surface area contributed by atoms with Gasteiger partial charge in [0.1, 0.15) is 16.9 Å². The fraction of sp³-hybridized carbons (Fsp3) is 0.128. The number of carbonyl (C=O) groups excluding carboxylic acids is 1. The summed E-state index contributed by atoms with van der Waals surface area (Å²) in [6.07, 6.45) is 0. The van der Waals surface area contributed by atoms with Gasteiger partial charge in [0.25, 0.3) is 0 Å². The van der Waals surface area contributed by atoms with Crippen molar-refractivity contribution in [1.82, 2.24) is 0 Å². The minimum Gasteiger partial charge on any atom is -0.455 e. The van der Waals surface area contributed by atoms with Crippen LogP contribution in [0, 0.1) is 0 Å². The second-order valence-electron chi connectivity index (χ2n) is 11.4. The summed E-state index contributed by atoms with van der Waals surface area (Å²) >= 11 is 0. The molecule has 3 heterocycles. The molecule has 0 saturated carbocycles. The lowest BCUT2D eigenvalue weighted by Crippen LogP contribution is -2.38. The van der Waals surface area contributed by atoms with Crippen LogP contribution in [0.5, 0.6) is 11.5 Å². The minimum atomic E-state index is -1.52. The van der Waals surface area contributed by atoms with Crippen LogP contribution < -0.4 is 20.2 Å². The van der Waals surface area contributed by atoms with Crippen LogP contribution in [-0.4, -0.2) is 19.1 Å².